The first-order chi connectivity index (χ1) is 12.5. The Morgan fingerprint density at radius 2 is 1.88 bits per heavy atom. The number of morpholine rings is 1. The van der Waals surface area contributed by atoms with Gasteiger partial charge in [-0.3, -0.25) is 4.79 Å². The molecule has 1 saturated heterocycles. The van der Waals surface area contributed by atoms with Gasteiger partial charge >= 0.3 is 0 Å². The lowest BCUT2D eigenvalue weighted by atomic mass is 10.2. The molecule has 0 unspecified atom stereocenters. The van der Waals surface area contributed by atoms with Crippen LogP contribution >= 0.6 is 15.9 Å². The molecule has 1 aliphatic rings. The van der Waals surface area contributed by atoms with Gasteiger partial charge in [0.05, 0.1) is 18.9 Å². The zero-order chi connectivity index (χ0) is 18.5. The first-order valence-electron chi connectivity index (χ1n) is 8.09. The third-order valence-corrected chi connectivity index (χ3v) is 4.43. The largest absolute Gasteiger partial charge is 0.378 e. The number of halogens is 3. The molecule has 136 valence electrons. The number of carbonyl (C=O) groups is 1. The minimum absolute atomic E-state index is 0.281. The molecule has 0 atom stereocenters. The van der Waals surface area contributed by atoms with Crippen molar-refractivity contribution in [3.05, 3.63) is 64.1 Å². The van der Waals surface area contributed by atoms with E-state index in [1.54, 1.807) is 24.3 Å². The summed E-state index contributed by atoms with van der Waals surface area (Å²) in [5.74, 6) is -1.31. The van der Waals surface area contributed by atoms with Crippen molar-refractivity contribution in [3.8, 4) is 0 Å². The topological polar surface area (TPSA) is 41.6 Å². The average Bonchev–Trinajstić information content (AvgIpc) is 2.63. The molecule has 2 aromatic carbocycles. The minimum atomic E-state index is -0.470. The second-order valence-corrected chi connectivity index (χ2v) is 6.67. The molecule has 2 aromatic rings. The molecular weight excluding hydrogens is 406 g/mol. The van der Waals surface area contributed by atoms with Crippen molar-refractivity contribution < 1.29 is 18.3 Å². The quantitative estimate of drug-likeness (QED) is 0.750. The Balaban J connectivity index is 1.66. The summed E-state index contributed by atoms with van der Waals surface area (Å²) < 4.78 is 33.9. The lowest BCUT2D eigenvalue weighted by Crippen LogP contribution is -2.36. The number of anilines is 2. The Hall–Kier alpha value is -2.25. The molecule has 0 aliphatic carbocycles. The number of nitrogens with zero attached hydrogens (tertiary/aromatic N) is 1. The van der Waals surface area contributed by atoms with E-state index >= 15 is 0 Å². The highest BCUT2D eigenvalue weighted by Crippen LogP contribution is 2.24. The van der Waals surface area contributed by atoms with Crippen LogP contribution in [-0.4, -0.2) is 32.2 Å². The molecule has 0 bridgehead atoms. The molecule has 1 amide bonds. The maximum Gasteiger partial charge on any atom is 0.248 e. The number of rotatable bonds is 4. The molecule has 1 fully saturated rings. The van der Waals surface area contributed by atoms with E-state index in [-0.39, 0.29) is 5.56 Å². The molecular formula is C19H17BrF2N2O2. The van der Waals surface area contributed by atoms with E-state index in [1.165, 1.54) is 24.3 Å². The monoisotopic (exact) mass is 422 g/mol. The molecule has 0 aromatic heterocycles. The fraction of sp³-hybridized carbons (Fsp3) is 0.211. The van der Waals surface area contributed by atoms with Gasteiger partial charge in [-0.15, -0.1) is 0 Å². The summed E-state index contributed by atoms with van der Waals surface area (Å²) in [6.07, 6.45) is 2.58. The molecule has 7 heteroatoms. The van der Waals surface area contributed by atoms with E-state index in [9.17, 15) is 13.6 Å². The van der Waals surface area contributed by atoms with Gasteiger partial charge < -0.3 is 15.0 Å². The fourth-order valence-electron chi connectivity index (χ4n) is 2.64. The summed E-state index contributed by atoms with van der Waals surface area (Å²) in [7, 11) is 0. The second-order valence-electron chi connectivity index (χ2n) is 5.75. The molecule has 1 N–H and O–H groups in total. The van der Waals surface area contributed by atoms with Crippen LogP contribution in [0.25, 0.3) is 6.08 Å². The first kappa shape index (κ1) is 18.5. The molecule has 1 aliphatic heterocycles. The van der Waals surface area contributed by atoms with Gasteiger partial charge in [0.15, 0.2) is 0 Å². The third-order valence-electron chi connectivity index (χ3n) is 3.94. The standard InChI is InChI=1S/C19H17BrF2N2O2/c20-14-2-4-16(21)13(11-14)1-6-19(25)23-15-3-5-18(17(22)12-15)24-7-9-26-10-8-24/h1-6,11-12H,7-10H2,(H,23,25)/b6-1+. The smallest absolute Gasteiger partial charge is 0.248 e. The van der Waals surface area contributed by atoms with E-state index in [1.807, 2.05) is 4.90 Å². The highest BCUT2D eigenvalue weighted by atomic mass is 79.9. The summed E-state index contributed by atoms with van der Waals surface area (Å²) in [6.45, 7) is 2.39. The van der Waals surface area contributed by atoms with E-state index < -0.39 is 17.5 Å². The Labute approximate surface area is 158 Å². The zero-order valence-corrected chi connectivity index (χ0v) is 15.4. The lowest BCUT2D eigenvalue weighted by molar-refractivity contribution is -0.111. The third kappa shape index (κ3) is 4.68. The normalized spacial score (nSPS) is 14.7. The predicted molar refractivity (Wildman–Crippen MR) is 101 cm³/mol. The van der Waals surface area contributed by atoms with Crippen LogP contribution in [0.1, 0.15) is 5.56 Å². The zero-order valence-electron chi connectivity index (χ0n) is 13.8. The average molecular weight is 423 g/mol. The molecule has 26 heavy (non-hydrogen) atoms. The van der Waals surface area contributed by atoms with Crippen molar-refractivity contribution in [1.82, 2.24) is 0 Å². The lowest BCUT2D eigenvalue weighted by Gasteiger charge is -2.29. The number of nitrogens with one attached hydrogen (secondary N) is 1. The first-order valence-corrected chi connectivity index (χ1v) is 8.88. The number of carbonyl (C=O) groups excluding carboxylic acids is 1. The summed E-state index contributed by atoms with van der Waals surface area (Å²) in [5.41, 5.74) is 1.10. The van der Waals surface area contributed by atoms with Crippen molar-refractivity contribution in [1.29, 1.82) is 0 Å². The number of benzene rings is 2. The highest BCUT2D eigenvalue weighted by Gasteiger charge is 2.15. The summed E-state index contributed by atoms with van der Waals surface area (Å²) in [4.78, 5) is 13.9. The van der Waals surface area contributed by atoms with Crippen molar-refractivity contribution in [2.24, 2.45) is 0 Å². The van der Waals surface area contributed by atoms with Crippen LogP contribution in [0.3, 0.4) is 0 Å². The Morgan fingerprint density at radius 3 is 2.62 bits per heavy atom. The van der Waals surface area contributed by atoms with Crippen LogP contribution in [-0.2, 0) is 9.53 Å². The van der Waals surface area contributed by atoms with Crippen molar-refractivity contribution >= 4 is 39.3 Å². The van der Waals surface area contributed by atoms with Crippen LogP contribution in [0, 0.1) is 11.6 Å². The van der Waals surface area contributed by atoms with Crippen molar-refractivity contribution in [2.45, 2.75) is 0 Å². The number of amides is 1. The van der Waals surface area contributed by atoms with Crippen LogP contribution in [0.15, 0.2) is 46.9 Å². The molecule has 1 heterocycles. The Morgan fingerprint density at radius 1 is 1.12 bits per heavy atom. The van der Waals surface area contributed by atoms with E-state index in [4.69, 9.17) is 4.74 Å². The Bertz CT molecular complexity index is 836. The molecule has 0 radical (unpaired) electrons. The van der Waals surface area contributed by atoms with Crippen LogP contribution in [0.4, 0.5) is 20.2 Å². The van der Waals surface area contributed by atoms with Crippen LogP contribution in [0.2, 0.25) is 0 Å². The Kier molecular flexibility index (Phi) is 6.00. The van der Waals surface area contributed by atoms with Crippen LogP contribution < -0.4 is 10.2 Å². The van der Waals surface area contributed by atoms with E-state index in [0.717, 1.165) is 0 Å². The van der Waals surface area contributed by atoms with Gasteiger partial charge in [-0.1, -0.05) is 15.9 Å². The SMILES string of the molecule is O=C(/C=C/c1cc(Br)ccc1F)Nc1ccc(N2CCOCC2)c(F)c1. The van der Waals surface area contributed by atoms with Gasteiger partial charge in [0, 0.05) is 34.9 Å². The summed E-state index contributed by atoms with van der Waals surface area (Å²) >= 11 is 3.25. The molecule has 0 spiro atoms. The summed E-state index contributed by atoms with van der Waals surface area (Å²) in [6, 6.07) is 8.99. The van der Waals surface area contributed by atoms with E-state index in [2.05, 4.69) is 21.2 Å². The van der Waals surface area contributed by atoms with Gasteiger partial charge in [-0.2, -0.15) is 0 Å². The fourth-order valence-corrected chi connectivity index (χ4v) is 3.02. The van der Waals surface area contributed by atoms with Crippen molar-refractivity contribution in [3.63, 3.8) is 0 Å². The van der Waals surface area contributed by atoms with Gasteiger partial charge in [-0.25, -0.2) is 8.78 Å². The van der Waals surface area contributed by atoms with Gasteiger partial charge in [0.1, 0.15) is 11.6 Å². The van der Waals surface area contributed by atoms with Gasteiger partial charge in [0.25, 0.3) is 0 Å². The number of hydrogen-bond donors (Lipinski definition) is 1. The van der Waals surface area contributed by atoms with Gasteiger partial charge in [-0.05, 0) is 42.5 Å². The molecule has 0 saturated carbocycles. The van der Waals surface area contributed by atoms with E-state index in [0.29, 0.717) is 42.2 Å². The predicted octanol–water partition coefficient (Wildman–Crippen LogP) is 4.22. The number of ether oxygens (including phenoxy) is 1. The molecule has 4 nitrogen and oxygen atoms in total. The number of hydrogen-bond acceptors (Lipinski definition) is 3. The highest BCUT2D eigenvalue weighted by molar-refractivity contribution is 9.10. The minimum Gasteiger partial charge on any atom is -0.378 e. The van der Waals surface area contributed by atoms with Crippen LogP contribution in [0.5, 0.6) is 0 Å². The maximum absolute atomic E-state index is 14.3. The second kappa shape index (κ2) is 8.42. The van der Waals surface area contributed by atoms with Gasteiger partial charge in [0.2, 0.25) is 5.91 Å². The molecule has 3 rings (SSSR count). The van der Waals surface area contributed by atoms with Crippen molar-refractivity contribution in [2.75, 3.05) is 36.5 Å². The summed E-state index contributed by atoms with van der Waals surface area (Å²) in [5, 5.41) is 2.57. The maximum atomic E-state index is 14.3.